The van der Waals surface area contributed by atoms with Gasteiger partial charge in [0, 0.05) is 42.8 Å². The largest absolute Gasteiger partial charge is 0.385 e. The number of rotatable bonds is 12. The number of amides is 3. The zero-order chi connectivity index (χ0) is 25.8. The van der Waals surface area contributed by atoms with Crippen LogP contribution >= 0.6 is 0 Å². The number of methoxy groups -OCH3 is 1. The van der Waals surface area contributed by atoms with E-state index in [1.807, 2.05) is 37.3 Å². The Morgan fingerprint density at radius 3 is 2.31 bits per heavy atom. The van der Waals surface area contributed by atoms with Crippen LogP contribution in [0.2, 0.25) is 0 Å². The van der Waals surface area contributed by atoms with E-state index in [1.54, 1.807) is 55.6 Å². The van der Waals surface area contributed by atoms with Gasteiger partial charge in [0.05, 0.1) is 12.6 Å². The molecule has 0 heterocycles. The van der Waals surface area contributed by atoms with E-state index in [0.29, 0.717) is 35.7 Å². The lowest BCUT2D eigenvalue weighted by Gasteiger charge is -2.15. The van der Waals surface area contributed by atoms with Crippen molar-refractivity contribution < 1.29 is 19.1 Å². The zero-order valence-electron chi connectivity index (χ0n) is 20.5. The Hall–Kier alpha value is -4.17. The molecule has 0 aromatic heterocycles. The summed E-state index contributed by atoms with van der Waals surface area (Å²) >= 11 is 0. The number of ether oxygens (including phenoxy) is 1. The summed E-state index contributed by atoms with van der Waals surface area (Å²) in [5.41, 5.74) is 3.25. The first kappa shape index (κ1) is 26.4. The summed E-state index contributed by atoms with van der Waals surface area (Å²) in [5.74, 6) is -0.633. The molecule has 188 valence electrons. The molecule has 0 saturated carbocycles. The first-order valence-electron chi connectivity index (χ1n) is 11.8. The van der Waals surface area contributed by atoms with Crippen molar-refractivity contribution in [2.75, 3.05) is 37.4 Å². The second kappa shape index (κ2) is 13.7. The fourth-order valence-electron chi connectivity index (χ4n) is 3.49. The van der Waals surface area contributed by atoms with Gasteiger partial charge in [0.25, 0.3) is 11.8 Å². The minimum Gasteiger partial charge on any atom is -0.385 e. The van der Waals surface area contributed by atoms with E-state index in [4.69, 9.17) is 4.74 Å². The maximum Gasteiger partial charge on any atom is 0.251 e. The highest BCUT2D eigenvalue weighted by Gasteiger charge is 2.12. The summed E-state index contributed by atoms with van der Waals surface area (Å²) in [4.78, 5) is 37.2. The highest BCUT2D eigenvalue weighted by molar-refractivity contribution is 5.98. The number of benzene rings is 3. The first-order chi connectivity index (χ1) is 17.5. The monoisotopic (exact) mass is 488 g/mol. The van der Waals surface area contributed by atoms with Crippen molar-refractivity contribution in [3.63, 3.8) is 0 Å². The Kier molecular flexibility index (Phi) is 10.0. The highest BCUT2D eigenvalue weighted by atomic mass is 16.5. The SMILES string of the molecule is COCCCNC(=O)c1ccc(NCC(=O)Nc2cccc(C(=O)NC(C)c3ccccc3)c2)cc1. The van der Waals surface area contributed by atoms with Crippen molar-refractivity contribution >= 4 is 29.1 Å². The zero-order valence-corrected chi connectivity index (χ0v) is 20.5. The van der Waals surface area contributed by atoms with Crippen molar-refractivity contribution in [2.24, 2.45) is 0 Å². The topological polar surface area (TPSA) is 109 Å². The van der Waals surface area contributed by atoms with Gasteiger partial charge in [-0.1, -0.05) is 36.4 Å². The Morgan fingerprint density at radius 2 is 1.58 bits per heavy atom. The molecule has 0 bridgehead atoms. The molecule has 0 aliphatic rings. The third-order valence-corrected chi connectivity index (χ3v) is 5.47. The first-order valence-corrected chi connectivity index (χ1v) is 11.8. The van der Waals surface area contributed by atoms with Gasteiger partial charge in [-0.3, -0.25) is 14.4 Å². The van der Waals surface area contributed by atoms with Crippen LogP contribution in [-0.4, -0.2) is 44.5 Å². The van der Waals surface area contributed by atoms with Gasteiger partial charge in [-0.2, -0.15) is 0 Å². The second-order valence-corrected chi connectivity index (χ2v) is 8.27. The van der Waals surface area contributed by atoms with Crippen molar-refractivity contribution in [3.05, 3.63) is 95.6 Å². The van der Waals surface area contributed by atoms with E-state index in [9.17, 15) is 14.4 Å². The number of carbonyl (C=O) groups excluding carboxylic acids is 3. The van der Waals surface area contributed by atoms with Crippen LogP contribution in [0.4, 0.5) is 11.4 Å². The highest BCUT2D eigenvalue weighted by Crippen LogP contribution is 2.15. The molecule has 1 atom stereocenters. The van der Waals surface area contributed by atoms with Crippen LogP contribution in [0.15, 0.2) is 78.9 Å². The van der Waals surface area contributed by atoms with Crippen molar-refractivity contribution in [2.45, 2.75) is 19.4 Å². The summed E-state index contributed by atoms with van der Waals surface area (Å²) < 4.78 is 4.96. The Bertz CT molecular complexity index is 1150. The molecule has 1 unspecified atom stereocenters. The predicted octanol–water partition coefficient (Wildman–Crippen LogP) is 3.99. The van der Waals surface area contributed by atoms with E-state index < -0.39 is 0 Å². The van der Waals surface area contributed by atoms with Crippen LogP contribution in [0.3, 0.4) is 0 Å². The molecule has 4 N–H and O–H groups in total. The number of anilines is 2. The number of hydrogen-bond acceptors (Lipinski definition) is 5. The van der Waals surface area contributed by atoms with E-state index in [1.165, 1.54) is 0 Å². The Morgan fingerprint density at radius 1 is 0.833 bits per heavy atom. The lowest BCUT2D eigenvalue weighted by molar-refractivity contribution is -0.114. The molecular weight excluding hydrogens is 456 g/mol. The van der Waals surface area contributed by atoms with Crippen LogP contribution in [-0.2, 0) is 9.53 Å². The number of carbonyl (C=O) groups is 3. The summed E-state index contributed by atoms with van der Waals surface area (Å²) in [6, 6.07) is 23.3. The Labute approximate surface area is 211 Å². The fourth-order valence-corrected chi connectivity index (χ4v) is 3.49. The van der Waals surface area contributed by atoms with Crippen molar-refractivity contribution in [3.8, 4) is 0 Å². The molecule has 0 radical (unpaired) electrons. The van der Waals surface area contributed by atoms with Gasteiger partial charge in [0.2, 0.25) is 5.91 Å². The predicted molar refractivity (Wildman–Crippen MR) is 141 cm³/mol. The minimum absolute atomic E-state index is 0.0318. The molecule has 0 fully saturated rings. The van der Waals surface area contributed by atoms with Crippen molar-refractivity contribution in [1.82, 2.24) is 10.6 Å². The standard InChI is InChI=1S/C28H32N4O4/c1-20(21-8-4-3-5-9-21)31-28(35)23-10-6-11-25(18-23)32-26(33)19-30-24-14-12-22(13-15-24)27(34)29-16-7-17-36-2/h3-6,8-15,18,20,30H,7,16-17,19H2,1-2H3,(H,29,34)(H,31,35)(H,32,33). The fraction of sp³-hybridized carbons (Fsp3) is 0.250. The van der Waals surface area contributed by atoms with Crippen LogP contribution in [0, 0.1) is 0 Å². The molecule has 3 aromatic rings. The molecule has 0 spiro atoms. The third-order valence-electron chi connectivity index (χ3n) is 5.47. The number of hydrogen-bond donors (Lipinski definition) is 4. The molecule has 0 aliphatic carbocycles. The molecule has 36 heavy (non-hydrogen) atoms. The molecule has 0 saturated heterocycles. The summed E-state index contributed by atoms with van der Waals surface area (Å²) in [5, 5.41) is 11.6. The summed E-state index contributed by atoms with van der Waals surface area (Å²) in [6.45, 7) is 3.09. The minimum atomic E-state index is -0.259. The van der Waals surface area contributed by atoms with Gasteiger partial charge in [-0.15, -0.1) is 0 Å². The molecule has 0 aliphatic heterocycles. The smallest absolute Gasteiger partial charge is 0.251 e. The quantitative estimate of drug-likeness (QED) is 0.288. The molecular formula is C28H32N4O4. The van der Waals surface area contributed by atoms with Crippen molar-refractivity contribution in [1.29, 1.82) is 0 Å². The van der Waals surface area contributed by atoms with Gasteiger partial charge in [-0.05, 0) is 61.4 Å². The average molecular weight is 489 g/mol. The normalized spacial score (nSPS) is 11.3. The number of nitrogens with one attached hydrogen (secondary N) is 4. The third kappa shape index (κ3) is 8.25. The van der Waals surface area contributed by atoms with E-state index in [0.717, 1.165) is 12.0 Å². The Balaban J connectivity index is 1.47. The second-order valence-electron chi connectivity index (χ2n) is 8.27. The van der Waals surface area contributed by atoms with Crippen LogP contribution in [0.5, 0.6) is 0 Å². The molecule has 3 rings (SSSR count). The van der Waals surface area contributed by atoms with E-state index in [2.05, 4.69) is 21.3 Å². The average Bonchev–Trinajstić information content (AvgIpc) is 2.90. The van der Waals surface area contributed by atoms with Gasteiger partial charge in [0.15, 0.2) is 0 Å². The lowest BCUT2D eigenvalue weighted by atomic mass is 10.1. The van der Waals surface area contributed by atoms with Gasteiger partial charge in [-0.25, -0.2) is 0 Å². The van der Waals surface area contributed by atoms with Gasteiger partial charge >= 0.3 is 0 Å². The van der Waals surface area contributed by atoms with Crippen LogP contribution in [0.25, 0.3) is 0 Å². The van der Waals surface area contributed by atoms with Gasteiger partial charge < -0.3 is 26.0 Å². The van der Waals surface area contributed by atoms with Gasteiger partial charge in [0.1, 0.15) is 0 Å². The maximum atomic E-state index is 12.7. The summed E-state index contributed by atoms with van der Waals surface area (Å²) in [6.07, 6.45) is 0.747. The lowest BCUT2D eigenvalue weighted by Crippen LogP contribution is -2.27. The van der Waals surface area contributed by atoms with E-state index in [-0.39, 0.29) is 30.3 Å². The molecule has 8 nitrogen and oxygen atoms in total. The van der Waals surface area contributed by atoms with E-state index >= 15 is 0 Å². The molecule has 8 heteroatoms. The van der Waals surface area contributed by atoms with Crippen LogP contribution < -0.4 is 21.3 Å². The molecule has 3 aromatic carbocycles. The van der Waals surface area contributed by atoms with Crippen LogP contribution in [0.1, 0.15) is 45.7 Å². The maximum absolute atomic E-state index is 12.7. The summed E-state index contributed by atoms with van der Waals surface area (Å²) in [7, 11) is 1.62. The molecule has 3 amide bonds.